The van der Waals surface area contributed by atoms with E-state index in [9.17, 15) is 4.79 Å². The number of carbonyl (C=O) groups excluding carboxylic acids is 1. The third-order valence-corrected chi connectivity index (χ3v) is 4.53. The fraction of sp³-hybridized carbons (Fsp3) is 0.286. The van der Waals surface area contributed by atoms with E-state index < -0.39 is 0 Å². The maximum absolute atomic E-state index is 12.9. The molecule has 0 atom stereocenters. The predicted octanol–water partition coefficient (Wildman–Crippen LogP) is 4.79. The normalized spacial score (nSPS) is 11.1. The van der Waals surface area contributed by atoms with Crippen LogP contribution in [-0.4, -0.2) is 40.7 Å². The van der Waals surface area contributed by atoms with Crippen molar-refractivity contribution in [3.63, 3.8) is 0 Å². The number of hydrogen-bond donors (Lipinski definition) is 0. The van der Waals surface area contributed by atoms with Crippen LogP contribution in [0.4, 0.5) is 5.69 Å². The average Bonchev–Trinajstić information content (AvgIpc) is 2.67. The number of anilines is 1. The van der Waals surface area contributed by atoms with E-state index in [1.807, 2.05) is 50.2 Å². The first kappa shape index (κ1) is 20.8. The lowest BCUT2D eigenvalue weighted by atomic mass is 10.1. The van der Waals surface area contributed by atoms with E-state index >= 15 is 0 Å². The molecular formula is C21H24BrNO4. The first-order valence-electron chi connectivity index (χ1n) is 8.49. The van der Waals surface area contributed by atoms with Gasteiger partial charge in [0.25, 0.3) is 0 Å². The summed E-state index contributed by atoms with van der Waals surface area (Å²) in [6.45, 7) is 2.49. The zero-order chi connectivity index (χ0) is 20.0. The third-order valence-electron chi connectivity index (χ3n) is 3.94. The van der Waals surface area contributed by atoms with Crippen LogP contribution in [-0.2, 0) is 0 Å². The van der Waals surface area contributed by atoms with Crippen molar-refractivity contribution in [2.75, 3.05) is 39.8 Å². The van der Waals surface area contributed by atoms with Gasteiger partial charge in [-0.3, -0.25) is 4.79 Å². The van der Waals surface area contributed by atoms with Gasteiger partial charge < -0.3 is 19.1 Å². The second-order valence-corrected chi connectivity index (χ2v) is 6.79. The molecule has 2 aromatic rings. The molecular weight excluding hydrogens is 410 g/mol. The van der Waals surface area contributed by atoms with Crippen molar-refractivity contribution in [2.24, 2.45) is 0 Å². The lowest BCUT2D eigenvalue weighted by molar-refractivity contribution is 0.104. The molecule has 5 nitrogen and oxygen atoms in total. The predicted molar refractivity (Wildman–Crippen MR) is 113 cm³/mol. The van der Waals surface area contributed by atoms with E-state index in [0.717, 1.165) is 17.0 Å². The number of halogens is 1. The Morgan fingerprint density at radius 3 is 2.37 bits per heavy atom. The summed E-state index contributed by atoms with van der Waals surface area (Å²) >= 11 is 3.41. The van der Waals surface area contributed by atoms with Crippen molar-refractivity contribution in [2.45, 2.75) is 6.92 Å². The van der Waals surface area contributed by atoms with Gasteiger partial charge in [-0.15, -0.1) is 0 Å². The third kappa shape index (κ3) is 5.04. The molecule has 27 heavy (non-hydrogen) atoms. The van der Waals surface area contributed by atoms with Gasteiger partial charge in [0.15, 0.2) is 5.78 Å². The van der Waals surface area contributed by atoms with Crippen molar-refractivity contribution < 1.29 is 19.0 Å². The highest BCUT2D eigenvalue weighted by Gasteiger charge is 2.15. The Morgan fingerprint density at radius 2 is 1.78 bits per heavy atom. The summed E-state index contributed by atoms with van der Waals surface area (Å²) < 4.78 is 16.7. The Kier molecular flexibility index (Phi) is 7.30. The van der Waals surface area contributed by atoms with Gasteiger partial charge in [-0.05, 0) is 65.3 Å². The molecule has 0 aliphatic heterocycles. The SMILES string of the molecule is CCOc1ccc(C(=O)/C(Br)=C\c2cc(OC)ccc2OC)cc1N(C)C. The number of carbonyl (C=O) groups is 1. The first-order chi connectivity index (χ1) is 12.9. The molecule has 0 aliphatic carbocycles. The topological polar surface area (TPSA) is 48.0 Å². The Labute approximate surface area is 168 Å². The zero-order valence-electron chi connectivity index (χ0n) is 16.2. The van der Waals surface area contributed by atoms with Crippen LogP contribution in [0.3, 0.4) is 0 Å². The van der Waals surface area contributed by atoms with Gasteiger partial charge in [0.1, 0.15) is 17.2 Å². The Balaban J connectivity index is 2.40. The molecule has 2 aromatic carbocycles. The molecule has 0 amide bonds. The van der Waals surface area contributed by atoms with Crippen LogP contribution in [0.25, 0.3) is 6.08 Å². The summed E-state index contributed by atoms with van der Waals surface area (Å²) in [6, 6.07) is 10.8. The molecule has 2 rings (SSSR count). The van der Waals surface area contributed by atoms with Crippen molar-refractivity contribution >= 4 is 33.5 Å². The van der Waals surface area contributed by atoms with E-state index in [0.29, 0.717) is 28.2 Å². The van der Waals surface area contributed by atoms with E-state index in [1.165, 1.54) is 0 Å². The molecule has 144 valence electrons. The summed E-state index contributed by atoms with van der Waals surface area (Å²) in [4.78, 5) is 14.8. The second kappa shape index (κ2) is 9.46. The highest BCUT2D eigenvalue weighted by Crippen LogP contribution is 2.31. The first-order valence-corrected chi connectivity index (χ1v) is 9.28. The molecule has 6 heteroatoms. The molecule has 0 radical (unpaired) electrons. The monoisotopic (exact) mass is 433 g/mol. The fourth-order valence-electron chi connectivity index (χ4n) is 2.58. The molecule has 0 heterocycles. The Morgan fingerprint density at radius 1 is 1.07 bits per heavy atom. The maximum Gasteiger partial charge on any atom is 0.200 e. The van der Waals surface area contributed by atoms with Gasteiger partial charge in [-0.2, -0.15) is 0 Å². The minimum Gasteiger partial charge on any atom is -0.497 e. The quantitative estimate of drug-likeness (QED) is 0.442. The fourth-order valence-corrected chi connectivity index (χ4v) is 3.05. The zero-order valence-corrected chi connectivity index (χ0v) is 17.8. The van der Waals surface area contributed by atoms with Crippen LogP contribution in [0, 0.1) is 0 Å². The molecule has 0 aromatic heterocycles. The minimum absolute atomic E-state index is 0.133. The lowest BCUT2D eigenvalue weighted by Crippen LogP contribution is -2.12. The number of Topliss-reactive ketones (excluding diaryl/α,β-unsaturated/α-hetero) is 1. The minimum atomic E-state index is -0.133. The molecule has 0 aliphatic rings. The van der Waals surface area contributed by atoms with Crippen LogP contribution in [0.5, 0.6) is 17.2 Å². The van der Waals surface area contributed by atoms with E-state index in [4.69, 9.17) is 14.2 Å². The summed E-state index contributed by atoms with van der Waals surface area (Å²) in [5, 5.41) is 0. The van der Waals surface area contributed by atoms with Crippen LogP contribution in [0.15, 0.2) is 40.9 Å². The number of ketones is 1. The van der Waals surface area contributed by atoms with Gasteiger partial charge in [0.2, 0.25) is 0 Å². The summed E-state index contributed by atoms with van der Waals surface area (Å²) in [5.41, 5.74) is 2.16. The Hall–Kier alpha value is -2.47. The molecule has 0 unspecified atom stereocenters. The van der Waals surface area contributed by atoms with E-state index in [-0.39, 0.29) is 5.78 Å². The standard InChI is InChI=1S/C21H24BrNO4/c1-6-27-20-9-7-14(13-18(20)23(2)3)21(24)17(22)12-15-11-16(25-4)8-10-19(15)26-5/h7-13H,6H2,1-5H3/b17-12+. The number of methoxy groups -OCH3 is 2. The van der Waals surface area contributed by atoms with Crippen molar-refractivity contribution in [3.05, 3.63) is 52.0 Å². The largest absolute Gasteiger partial charge is 0.497 e. The van der Waals surface area contributed by atoms with E-state index in [2.05, 4.69) is 15.9 Å². The highest BCUT2D eigenvalue weighted by molar-refractivity contribution is 9.12. The van der Waals surface area contributed by atoms with E-state index in [1.54, 1.807) is 32.4 Å². The molecule has 0 saturated heterocycles. The van der Waals surface area contributed by atoms with Gasteiger partial charge in [-0.1, -0.05) is 0 Å². The van der Waals surface area contributed by atoms with Crippen molar-refractivity contribution in [1.29, 1.82) is 0 Å². The van der Waals surface area contributed by atoms with Crippen LogP contribution in [0.2, 0.25) is 0 Å². The van der Waals surface area contributed by atoms with Crippen molar-refractivity contribution in [3.8, 4) is 17.2 Å². The summed E-state index contributed by atoms with van der Waals surface area (Å²) in [6.07, 6.45) is 1.73. The van der Waals surface area contributed by atoms with Crippen LogP contribution in [0.1, 0.15) is 22.8 Å². The van der Waals surface area contributed by atoms with Crippen molar-refractivity contribution in [1.82, 2.24) is 0 Å². The molecule has 0 saturated carbocycles. The number of benzene rings is 2. The Bertz CT molecular complexity index is 846. The molecule has 0 fully saturated rings. The number of ether oxygens (including phenoxy) is 3. The summed E-state index contributed by atoms with van der Waals surface area (Å²) in [5.74, 6) is 1.95. The maximum atomic E-state index is 12.9. The molecule has 0 N–H and O–H groups in total. The van der Waals surface area contributed by atoms with Crippen LogP contribution >= 0.6 is 15.9 Å². The van der Waals surface area contributed by atoms with Gasteiger partial charge in [-0.25, -0.2) is 0 Å². The average molecular weight is 434 g/mol. The number of allylic oxidation sites excluding steroid dienone is 1. The lowest BCUT2D eigenvalue weighted by Gasteiger charge is -2.18. The second-order valence-electron chi connectivity index (χ2n) is 5.94. The molecule has 0 spiro atoms. The van der Waals surface area contributed by atoms with Gasteiger partial charge in [0, 0.05) is 25.2 Å². The van der Waals surface area contributed by atoms with Crippen LogP contribution < -0.4 is 19.1 Å². The number of nitrogens with zero attached hydrogens (tertiary/aromatic N) is 1. The highest BCUT2D eigenvalue weighted by atomic mass is 79.9. The summed E-state index contributed by atoms with van der Waals surface area (Å²) in [7, 11) is 7.01. The number of hydrogen-bond acceptors (Lipinski definition) is 5. The van der Waals surface area contributed by atoms with Gasteiger partial charge >= 0.3 is 0 Å². The smallest absolute Gasteiger partial charge is 0.200 e. The van der Waals surface area contributed by atoms with Gasteiger partial charge in [0.05, 0.1) is 31.0 Å². The number of rotatable bonds is 8. The molecule has 0 bridgehead atoms.